The molecule has 6 bridgehead atoms. The molecule has 6 saturated heterocycles. The van der Waals surface area contributed by atoms with Crippen LogP contribution < -0.4 is 27.0 Å². The highest BCUT2D eigenvalue weighted by molar-refractivity contribution is 5.84. The summed E-state index contributed by atoms with van der Waals surface area (Å²) in [4.78, 5) is 61.6. The van der Waals surface area contributed by atoms with Crippen LogP contribution in [0.3, 0.4) is 0 Å². The van der Waals surface area contributed by atoms with Gasteiger partial charge in [-0.25, -0.2) is 14.0 Å². The molecule has 6 fully saturated rings. The number of carbonyl (C=O) groups is 5. The molecule has 119 heavy (non-hydrogen) atoms. The number of fused-ring (bicyclic) bond motifs is 6. The molecule has 16 atom stereocenters. The highest BCUT2D eigenvalue weighted by Crippen LogP contribution is 2.40. The monoisotopic (exact) mass is 1710 g/mol. The number of aliphatic hydroxyl groups excluding tert-OH is 6. The van der Waals surface area contributed by atoms with Gasteiger partial charge in [-0.05, 0) is 25.8 Å². The molecule has 0 spiro atoms. The lowest BCUT2D eigenvalue weighted by atomic mass is 9.88. The van der Waals surface area contributed by atoms with Crippen LogP contribution in [0, 0.1) is 0 Å². The molecule has 0 saturated carbocycles. The second-order valence-electron chi connectivity index (χ2n) is 29.3. The molecule has 676 valence electrons. The number of ether oxygens (including phenoxy) is 22. The molecular weight excluding hydrogens is 1590 g/mol. The van der Waals surface area contributed by atoms with E-state index in [2.05, 4.69) is 52.2 Å². The second kappa shape index (κ2) is 50.4. The molecule has 12 N–H and O–H groups in total. The van der Waals surface area contributed by atoms with Crippen LogP contribution >= 0.6 is 0 Å². The van der Waals surface area contributed by atoms with E-state index in [-0.39, 0.29) is 224 Å². The number of nitrogens with one attached hydrogen (secondary N) is 4. The molecule has 1 unspecified atom stereocenters. The van der Waals surface area contributed by atoms with Crippen LogP contribution in [0.1, 0.15) is 64.0 Å². The summed E-state index contributed by atoms with van der Waals surface area (Å²) in [6.07, 6.45) is -5.67. The van der Waals surface area contributed by atoms with Gasteiger partial charge < -0.3 is 162 Å². The van der Waals surface area contributed by atoms with Gasteiger partial charge in [-0.2, -0.15) is 0 Å². The molecule has 0 aromatic carbocycles. The second-order valence-corrected chi connectivity index (χ2v) is 29.3. The first-order valence-corrected chi connectivity index (χ1v) is 39.9. The van der Waals surface area contributed by atoms with Crippen molar-refractivity contribution < 1.29 is 159 Å². The van der Waals surface area contributed by atoms with Crippen LogP contribution in [0.2, 0.25) is 0 Å². The number of nitrogens with two attached hydrogens (primary N) is 1. The van der Waals surface area contributed by atoms with Gasteiger partial charge in [0.1, 0.15) is 94.2 Å². The molecule has 9 rings (SSSR count). The van der Waals surface area contributed by atoms with E-state index in [4.69, 9.17) is 110 Å². The number of unbranched alkanes of at least 4 members (excludes halogenated alkanes) is 1. The zero-order valence-corrected chi connectivity index (χ0v) is 67.8. The summed E-state index contributed by atoms with van der Waals surface area (Å²) in [6.45, 7) is 10.8. The third-order valence-electron chi connectivity index (χ3n) is 19.5. The number of amides is 4. The number of rotatable bonds is 64. The van der Waals surface area contributed by atoms with Crippen molar-refractivity contribution in [2.24, 2.45) is 5.73 Å². The Balaban J connectivity index is 0.692. The minimum atomic E-state index is -1.48. The van der Waals surface area contributed by atoms with Crippen LogP contribution in [0.25, 0.3) is 0 Å². The summed E-state index contributed by atoms with van der Waals surface area (Å²) in [7, 11) is 0. The van der Waals surface area contributed by atoms with E-state index in [1.807, 2.05) is 0 Å². The topological polar surface area (TPSA) is 576 Å². The standard InChI is InChI=1S/C72H120N14O33/c1-48(87)74-56-59(91)62(94)70(45-113-66(56)117-70)42-107-30-27-104-24-21-101-18-15-98-12-9-84-33-52(78-81-84)36-110-39-69(77-65(97)55(116-51(4)90)7-5-6-8-73,40-111-37-53-34-85(82-79-53)10-13-99-16-19-102-22-25-105-28-31-108-43-71-46-114-67(118-71)57(75-49(2)88)60(92)63(71)95)41-112-38-54-35-86(83-80-54)11-14-100-17-20-103-23-26-106-29-32-109-44-72-47-115-68(119-72)58(76-50(3)89)61(93)64(72)96/h33-35,55-64,66-68,91-96H,5-32,36-47,73H2,1-4H3,(H,74,87)(H,75,88)(H,76,89)(H,77,97)/t55?,56-,57-,58-,59-,60-,61-,62-,63-,64-,66+,67+,68+,70+,71+,72+/m1/s1. The molecule has 0 aliphatic carbocycles. The Labute approximate surface area is 687 Å². The van der Waals surface area contributed by atoms with Gasteiger partial charge >= 0.3 is 5.97 Å². The van der Waals surface area contributed by atoms with Gasteiger partial charge in [-0.1, -0.05) is 15.6 Å². The fourth-order valence-corrected chi connectivity index (χ4v) is 13.5. The van der Waals surface area contributed by atoms with Gasteiger partial charge in [0, 0.05) is 27.7 Å². The first-order valence-electron chi connectivity index (χ1n) is 39.9. The number of hydrogen-bond donors (Lipinski definition) is 11. The largest absolute Gasteiger partial charge is 0.452 e. The Morgan fingerprint density at radius 2 is 0.723 bits per heavy atom. The zero-order valence-electron chi connectivity index (χ0n) is 67.8. The summed E-state index contributed by atoms with van der Waals surface area (Å²) >= 11 is 0. The van der Waals surface area contributed by atoms with E-state index in [1.54, 1.807) is 32.6 Å². The Bertz CT molecular complexity index is 3140. The summed E-state index contributed by atoms with van der Waals surface area (Å²) < 4.78 is 132. The maximum atomic E-state index is 14.4. The van der Waals surface area contributed by atoms with Crippen molar-refractivity contribution in [1.29, 1.82) is 0 Å². The molecule has 9 heterocycles. The Kier molecular flexibility index (Phi) is 40.9. The number of aromatic nitrogens is 9. The van der Waals surface area contributed by atoms with Gasteiger partial charge in [0.05, 0.1) is 256 Å². The lowest BCUT2D eigenvalue weighted by Crippen LogP contribution is -2.66. The molecule has 4 amide bonds. The minimum Gasteiger partial charge on any atom is -0.452 e. The van der Waals surface area contributed by atoms with Crippen molar-refractivity contribution in [3.63, 3.8) is 0 Å². The SMILES string of the molecule is CC(=O)N[C@H]1[C@H]2OC[C@](COCCOCCOCCOCCn3cc(COCC(COCc4cn(CCOCCOCCOCCOC[C@@]56CO[C@@H](O5)[C@H](NC(C)=O)[C@@H](O)[C@H]6O)nn4)(COCc4cn(CCOCCOCCOCCOC[C@@]56CO[C@@H](O5)[C@H](NC(C)=O)[C@@H](O)[C@H]6O)nn4)NC(=O)C(CCCCN)OC(C)=O)nn3)(O2)[C@H](O)[C@@H]1O. The van der Waals surface area contributed by atoms with E-state index in [0.717, 1.165) is 0 Å². The van der Waals surface area contributed by atoms with E-state index >= 15 is 0 Å². The number of nitrogens with zero attached hydrogens (tertiary/aromatic N) is 9. The molecule has 3 aromatic heterocycles. The normalized spacial score (nSPS) is 26.6. The number of carbonyl (C=O) groups excluding carboxylic acids is 5. The van der Waals surface area contributed by atoms with Gasteiger partial charge in [-0.15, -0.1) is 15.3 Å². The Morgan fingerprint density at radius 3 is 1.00 bits per heavy atom. The molecule has 47 heteroatoms. The fourth-order valence-electron chi connectivity index (χ4n) is 13.5. The smallest absolute Gasteiger partial charge is 0.303 e. The Morgan fingerprint density at radius 1 is 0.437 bits per heavy atom. The van der Waals surface area contributed by atoms with Crippen molar-refractivity contribution in [3.8, 4) is 0 Å². The van der Waals surface area contributed by atoms with Crippen molar-refractivity contribution in [1.82, 2.24) is 66.2 Å². The lowest BCUT2D eigenvalue weighted by molar-refractivity contribution is -0.238. The lowest BCUT2D eigenvalue weighted by Gasteiger charge is -2.42. The maximum absolute atomic E-state index is 14.4. The first kappa shape index (κ1) is 96.5. The highest BCUT2D eigenvalue weighted by Gasteiger charge is 2.62. The van der Waals surface area contributed by atoms with Crippen LogP contribution in [0.4, 0.5) is 0 Å². The van der Waals surface area contributed by atoms with Crippen molar-refractivity contribution in [2.75, 3.05) is 205 Å². The molecule has 6 aliphatic heterocycles. The molecular formula is C72H120N14O33. The third-order valence-corrected chi connectivity index (χ3v) is 19.5. The minimum absolute atomic E-state index is 0.0204. The molecule has 6 aliphatic rings. The van der Waals surface area contributed by atoms with E-state index in [1.165, 1.54) is 27.7 Å². The van der Waals surface area contributed by atoms with Crippen molar-refractivity contribution in [3.05, 3.63) is 35.7 Å². The van der Waals surface area contributed by atoms with E-state index in [0.29, 0.717) is 56.1 Å². The highest BCUT2D eigenvalue weighted by atomic mass is 16.8. The quantitative estimate of drug-likeness (QED) is 0.0185. The van der Waals surface area contributed by atoms with Crippen LogP contribution in [-0.2, 0) is 168 Å². The number of hydrogen-bond acceptors (Lipinski definition) is 40. The van der Waals surface area contributed by atoms with Crippen LogP contribution in [0.5, 0.6) is 0 Å². The zero-order chi connectivity index (χ0) is 84.9. The van der Waals surface area contributed by atoms with Crippen LogP contribution in [-0.4, -0.2) is 412 Å². The molecule has 3 aromatic rings. The number of aliphatic hydroxyl groups is 6. The summed E-state index contributed by atoms with van der Waals surface area (Å²) in [5, 5.41) is 100. The molecule has 0 radical (unpaired) electrons. The molecule has 47 nitrogen and oxygen atoms in total. The van der Waals surface area contributed by atoms with Gasteiger partial charge in [0.25, 0.3) is 5.91 Å². The average molecular weight is 1710 g/mol. The first-order chi connectivity index (χ1) is 57.5. The van der Waals surface area contributed by atoms with Crippen molar-refractivity contribution in [2.45, 2.75) is 188 Å². The Hall–Kier alpha value is -6.35. The maximum Gasteiger partial charge on any atom is 0.303 e. The third kappa shape index (κ3) is 30.5. The van der Waals surface area contributed by atoms with Gasteiger partial charge in [-0.3, -0.25) is 24.0 Å². The van der Waals surface area contributed by atoms with E-state index < -0.39 is 132 Å². The van der Waals surface area contributed by atoms with Gasteiger partial charge in [0.15, 0.2) is 25.0 Å². The fraction of sp³-hybridized carbons (Fsp3) is 0.847. The number of esters is 1. The summed E-state index contributed by atoms with van der Waals surface area (Å²) in [6, 6.07) is -2.74. The van der Waals surface area contributed by atoms with Gasteiger partial charge in [0.2, 0.25) is 17.7 Å². The predicted octanol–water partition coefficient (Wildman–Crippen LogP) is -7.42. The van der Waals surface area contributed by atoms with Crippen molar-refractivity contribution >= 4 is 29.6 Å². The summed E-state index contributed by atoms with van der Waals surface area (Å²) in [5.74, 6) is -2.50. The average Bonchev–Trinajstić information content (AvgIpc) is 1.63. The van der Waals surface area contributed by atoms with E-state index in [9.17, 15) is 54.6 Å². The predicted molar refractivity (Wildman–Crippen MR) is 398 cm³/mol. The van der Waals surface area contributed by atoms with Crippen LogP contribution in [0.15, 0.2) is 18.6 Å². The summed E-state index contributed by atoms with van der Waals surface area (Å²) in [5.41, 5.74) is 1.84.